The van der Waals surface area contributed by atoms with Gasteiger partial charge in [-0.25, -0.2) is 92.5 Å². The third-order valence-corrected chi connectivity index (χ3v) is 25.6. The number of nitro groups is 1. The first-order chi connectivity index (χ1) is 63.9. The van der Waals surface area contributed by atoms with Gasteiger partial charge >= 0.3 is 0 Å². The third kappa shape index (κ3) is 35.2. The summed E-state index contributed by atoms with van der Waals surface area (Å²) < 4.78 is 99.4. The maximum atomic E-state index is 11.7. The predicted octanol–water partition coefficient (Wildman–Crippen LogP) is 15.6. The number of benzene rings is 5. The molecule has 0 aliphatic carbocycles. The first-order valence-corrected chi connectivity index (χ1v) is 50.7. The molecule has 0 saturated heterocycles. The average Bonchev–Trinajstić information content (AvgIpc) is 1.69. The third-order valence-electron chi connectivity index (χ3n) is 16.5. The van der Waals surface area contributed by atoms with Crippen LogP contribution in [0.5, 0.6) is 0 Å². The van der Waals surface area contributed by atoms with Crippen LogP contribution in [0.25, 0.3) is 56.9 Å². The lowest BCUT2D eigenvalue weighted by atomic mass is 9.95. The number of rotatable bonds is 33. The zero-order valence-corrected chi connectivity index (χ0v) is 81.8. The Kier molecular flexibility index (Phi) is 44.4. The lowest BCUT2D eigenvalue weighted by Crippen LogP contribution is -2.20. The maximum absolute atomic E-state index is 11.7. The molecule has 8 heterocycles. The highest BCUT2D eigenvalue weighted by Gasteiger charge is 2.29. The van der Waals surface area contributed by atoms with Crippen molar-refractivity contribution in [1.82, 2.24) is 105 Å². The van der Waals surface area contributed by atoms with Gasteiger partial charge in [-0.2, -0.15) is 20.2 Å². The molecule has 5 aromatic carbocycles. The van der Waals surface area contributed by atoms with E-state index in [2.05, 4.69) is 211 Å². The Balaban J connectivity index is 0.000000237. The number of amidine groups is 1. The fourth-order valence-electron chi connectivity index (χ4n) is 10.1. The SMILES string of the molecule is C#CCS(=O)(=O)C1=NC(C(C)(C)C)=NC1.C#CCS(=O)(=O)c1n[nH]c(C)n1.C#CCS(=O)(=O)c1nc(-c2ccc(C)cc2)n[nH]1.C#CCS(=O)(=O)c1nc(-c2ccc([N+](=O)[O-])cc2)n[nH]1.C=CCSc1nc(-c2ccc(C)cc2)n(CC=C)n1.C=CCSc1nc(-c2ccc(C)cc2)nn1CC=C.C=CCSc1nc(-c2ccc(Cl)cc2)n(CC=C)n1.C=CCSc1ncn(CC=C)n1. The molecule has 0 saturated carbocycles. The molecule has 12 aromatic rings. The number of sulfone groups is 4. The molecule has 698 valence electrons. The number of aryl methyl sites for hydroxylation is 4. The van der Waals surface area contributed by atoms with Gasteiger partial charge in [-0.15, -0.1) is 104 Å². The van der Waals surface area contributed by atoms with E-state index in [1.165, 1.54) is 35.4 Å². The number of hydrogen-bond acceptors (Lipinski definition) is 30. The van der Waals surface area contributed by atoms with E-state index < -0.39 is 55.8 Å². The van der Waals surface area contributed by atoms with Gasteiger partial charge in [0.2, 0.25) is 65.1 Å². The lowest BCUT2D eigenvalue weighted by Gasteiger charge is -2.14. The zero-order valence-electron chi connectivity index (χ0n) is 74.5. The molecular weight excluding hydrogens is 1880 g/mol. The van der Waals surface area contributed by atoms with Crippen molar-refractivity contribution in [3.05, 3.63) is 267 Å². The van der Waals surface area contributed by atoms with Crippen LogP contribution in [0.2, 0.25) is 5.02 Å². The van der Waals surface area contributed by atoms with E-state index >= 15 is 0 Å². The van der Waals surface area contributed by atoms with Crippen LogP contribution < -0.4 is 0 Å². The van der Waals surface area contributed by atoms with Crippen LogP contribution >= 0.6 is 58.6 Å². The van der Waals surface area contributed by atoms with Crippen LogP contribution in [-0.2, 0) is 65.5 Å². The van der Waals surface area contributed by atoms with Crippen molar-refractivity contribution in [2.75, 3.05) is 52.6 Å². The number of H-pyrrole nitrogens is 3. The summed E-state index contributed by atoms with van der Waals surface area (Å²) in [6, 6.07) is 37.0. The molecule has 0 bridgehead atoms. The van der Waals surface area contributed by atoms with Gasteiger partial charge in [-0.05, 0) is 64.1 Å². The van der Waals surface area contributed by atoms with Gasteiger partial charge in [0.1, 0.15) is 41.0 Å². The van der Waals surface area contributed by atoms with Crippen LogP contribution in [0.3, 0.4) is 0 Å². The summed E-state index contributed by atoms with van der Waals surface area (Å²) in [5.74, 6) is 13.9. The highest BCUT2D eigenvalue weighted by Crippen LogP contribution is 2.29. The molecular formula is C91H99ClN24O10S8. The van der Waals surface area contributed by atoms with Crippen molar-refractivity contribution in [3.63, 3.8) is 0 Å². The second-order valence-electron chi connectivity index (χ2n) is 28.3. The minimum atomic E-state index is -3.69. The largest absolute Gasteiger partial charge is 0.269 e. The van der Waals surface area contributed by atoms with E-state index in [0.29, 0.717) is 54.2 Å². The lowest BCUT2D eigenvalue weighted by molar-refractivity contribution is -0.384. The fraction of sp³-hybridized carbons (Fsp3) is 0.231. The van der Waals surface area contributed by atoms with Crippen LogP contribution in [0, 0.1) is 92.6 Å². The first-order valence-electron chi connectivity index (χ1n) is 39.7. The molecule has 13 rings (SSSR count). The summed E-state index contributed by atoms with van der Waals surface area (Å²) >= 11 is 12.2. The summed E-state index contributed by atoms with van der Waals surface area (Å²) in [5.41, 5.74) is 7.57. The molecule has 34 nitrogen and oxygen atoms in total. The summed E-state index contributed by atoms with van der Waals surface area (Å²) in [5, 5.41) is 49.7. The Bertz CT molecular complexity index is 6640. The predicted molar refractivity (Wildman–Crippen MR) is 536 cm³/mol. The number of halogens is 1. The van der Waals surface area contributed by atoms with Crippen molar-refractivity contribution in [1.29, 1.82) is 0 Å². The Morgan fingerprint density at radius 3 is 1.25 bits per heavy atom. The minimum Gasteiger partial charge on any atom is -0.263 e. The fourth-order valence-corrected chi connectivity index (χ4v) is 15.9. The van der Waals surface area contributed by atoms with Gasteiger partial charge in [-0.1, -0.05) is 241 Å². The summed E-state index contributed by atoms with van der Waals surface area (Å²) in [6.07, 6.45) is 36.1. The number of hydrogen-bond donors (Lipinski definition) is 3. The second-order valence-corrected chi connectivity index (χ2v) is 40.4. The number of allylic oxidation sites excluding steroid dienone is 4. The monoisotopic (exact) mass is 1980 g/mol. The van der Waals surface area contributed by atoms with E-state index in [9.17, 15) is 43.8 Å². The van der Waals surface area contributed by atoms with E-state index in [4.69, 9.17) is 37.3 Å². The Hall–Kier alpha value is -13.5. The maximum Gasteiger partial charge on any atom is 0.269 e. The second kappa shape index (κ2) is 54.5. The number of terminal acetylenes is 4. The molecule has 1 aliphatic rings. The Morgan fingerprint density at radius 2 is 0.851 bits per heavy atom. The highest BCUT2D eigenvalue weighted by molar-refractivity contribution is 8.06. The van der Waals surface area contributed by atoms with E-state index in [-0.39, 0.29) is 55.5 Å². The summed E-state index contributed by atoms with van der Waals surface area (Å²) in [7, 11) is -14.1. The van der Waals surface area contributed by atoms with Crippen LogP contribution in [0.4, 0.5) is 5.69 Å². The molecule has 134 heavy (non-hydrogen) atoms. The van der Waals surface area contributed by atoms with Crippen LogP contribution in [0.1, 0.15) is 43.3 Å². The number of non-ortho nitro benzene ring substituents is 1. The minimum absolute atomic E-state index is 0.0792. The number of nitrogens with one attached hydrogen (secondary N) is 3. The molecule has 0 atom stereocenters. The van der Waals surface area contributed by atoms with Crippen molar-refractivity contribution in [2.24, 2.45) is 15.4 Å². The Labute approximate surface area is 803 Å². The van der Waals surface area contributed by atoms with E-state index in [0.717, 1.165) is 88.9 Å². The van der Waals surface area contributed by atoms with Gasteiger partial charge in [0, 0.05) is 73.4 Å². The number of aromatic amines is 3. The summed E-state index contributed by atoms with van der Waals surface area (Å²) in [6.45, 7) is 45.9. The molecule has 1 aliphatic heterocycles. The number of aromatic nitrogens is 21. The Morgan fingerprint density at radius 1 is 0.455 bits per heavy atom. The smallest absolute Gasteiger partial charge is 0.263 e. The number of thioether (sulfide) groups is 4. The van der Waals surface area contributed by atoms with Crippen LogP contribution in [0.15, 0.2) is 275 Å². The van der Waals surface area contributed by atoms with Crippen molar-refractivity contribution < 1.29 is 38.6 Å². The quantitative estimate of drug-likeness (QED) is 0.0113. The molecule has 0 amide bonds. The average molecular weight is 1980 g/mol. The van der Waals surface area contributed by atoms with E-state index in [1.54, 1.807) is 77.1 Å². The number of nitrogens with zero attached hydrogens (tertiary/aromatic N) is 21. The zero-order chi connectivity index (χ0) is 98.6. The molecule has 0 radical (unpaired) electrons. The van der Waals surface area contributed by atoms with Gasteiger partial charge in [-0.3, -0.25) is 20.2 Å². The molecule has 0 fully saturated rings. The van der Waals surface area contributed by atoms with Gasteiger partial charge in [0.25, 0.3) is 10.8 Å². The first kappa shape index (κ1) is 109. The van der Waals surface area contributed by atoms with Crippen LogP contribution in [-0.4, -0.2) is 207 Å². The molecule has 0 spiro atoms. The van der Waals surface area contributed by atoms with Crippen molar-refractivity contribution in [3.8, 4) is 106 Å². The van der Waals surface area contributed by atoms with Crippen molar-refractivity contribution >= 4 is 115 Å². The van der Waals surface area contributed by atoms with Crippen molar-refractivity contribution in [2.45, 2.75) is 111 Å². The number of aliphatic imine (C=N–C) groups is 2. The highest BCUT2D eigenvalue weighted by atomic mass is 35.5. The molecule has 0 unspecified atom stereocenters. The molecule has 3 N–H and O–H groups in total. The van der Waals surface area contributed by atoms with Gasteiger partial charge in [0.05, 0.1) is 37.6 Å². The topological polar surface area (TPSA) is 452 Å². The van der Waals surface area contributed by atoms with Gasteiger partial charge in [0.15, 0.2) is 39.3 Å². The molecule has 43 heteroatoms. The van der Waals surface area contributed by atoms with Gasteiger partial charge < -0.3 is 0 Å². The number of nitro benzene ring substituents is 1. The molecule has 7 aromatic heterocycles. The van der Waals surface area contributed by atoms with E-state index in [1.807, 2.05) is 151 Å². The standard InChI is InChI=1S/2C15H17N3S.C14H14ClN3S.C12H11N3O2S.C11H8N4O4S.C10H14N2O2S.C8H11N3S.C6H7N3O2S/c1-4-10-18-14(13-8-6-12(3)7-9-13)16-15(17-18)19-11-5-2;1-4-10-18-15(19-11-5-2)16-14(17-18)13-8-6-12(3)7-9-13;1-3-9-18-13(11-5-7-12(15)8-6-11)16-14(17-18)19-10-4-2;1-3-8-18(16,17)12-13-11(14-15-12)10-6-4-9(2)5-7-10;1-2-7-20(18,19)11-12-10(13-14-11)8-3-5-9(6-4-8)15(16)17;1-5-6-15(13,14)8-7-11-9(12-8)10(2,3)4;1-3-5-11-7-9-8(10-11)12-6-4-2;1-3-4-12(10,11)6-7-5(2)8-9-6/h2*4-9H,1-2,10-11H2,3H3;3-8H,1-2,9-10H2;1,4-7H,8H2,2H3,(H,13,14,15);1,3-6H,7H2,(H,12,13,14);1H,6-7H2,2-4H3;3-4,7H,1-2,5-6H2;1H,4H2,2H3,(H,7,8,9). The summed E-state index contributed by atoms with van der Waals surface area (Å²) in [4.78, 5) is 47.4. The normalized spacial score (nSPS) is 11.3.